The molecular formula is C12H19NO2. The second-order valence-electron chi connectivity index (χ2n) is 3.51. The molecule has 1 unspecified atom stereocenters. The zero-order valence-electron chi connectivity index (χ0n) is 9.15. The molecule has 1 aromatic carbocycles. The van der Waals surface area contributed by atoms with E-state index < -0.39 is 6.10 Å². The zero-order chi connectivity index (χ0) is 11.1. The van der Waals surface area contributed by atoms with E-state index in [1.165, 1.54) is 0 Å². The highest BCUT2D eigenvalue weighted by atomic mass is 16.5. The highest BCUT2D eigenvalue weighted by molar-refractivity contribution is 5.29. The molecule has 0 amide bonds. The third-order valence-electron chi connectivity index (χ3n) is 2.16. The average molecular weight is 209 g/mol. The predicted octanol–water partition coefficient (Wildman–Crippen LogP) is 1.86. The summed E-state index contributed by atoms with van der Waals surface area (Å²) in [7, 11) is 0. The van der Waals surface area contributed by atoms with Gasteiger partial charge in [-0.1, -0.05) is 19.1 Å². The molecule has 0 radical (unpaired) electrons. The van der Waals surface area contributed by atoms with Crippen LogP contribution in [0.3, 0.4) is 0 Å². The summed E-state index contributed by atoms with van der Waals surface area (Å²) in [5.74, 6) is 0.811. The van der Waals surface area contributed by atoms with E-state index in [0.717, 1.165) is 17.7 Å². The molecule has 0 bridgehead atoms. The van der Waals surface area contributed by atoms with Crippen LogP contribution >= 0.6 is 0 Å². The monoisotopic (exact) mass is 209 g/mol. The van der Waals surface area contributed by atoms with Crippen LogP contribution in [0, 0.1) is 0 Å². The maximum absolute atomic E-state index is 9.73. The van der Waals surface area contributed by atoms with E-state index in [1.54, 1.807) is 0 Å². The summed E-state index contributed by atoms with van der Waals surface area (Å²) in [4.78, 5) is 0. The van der Waals surface area contributed by atoms with Crippen molar-refractivity contribution in [2.24, 2.45) is 5.73 Å². The van der Waals surface area contributed by atoms with Gasteiger partial charge in [-0.05, 0) is 37.1 Å². The van der Waals surface area contributed by atoms with Crippen molar-refractivity contribution >= 4 is 0 Å². The van der Waals surface area contributed by atoms with Gasteiger partial charge in [0.25, 0.3) is 0 Å². The smallest absolute Gasteiger partial charge is 0.119 e. The van der Waals surface area contributed by atoms with Crippen LogP contribution in [-0.2, 0) is 0 Å². The Balaban J connectivity index is 2.64. The van der Waals surface area contributed by atoms with Crippen molar-refractivity contribution < 1.29 is 9.84 Å². The lowest BCUT2D eigenvalue weighted by atomic mass is 10.1. The number of benzene rings is 1. The molecule has 1 rings (SSSR count). The van der Waals surface area contributed by atoms with Gasteiger partial charge in [0.2, 0.25) is 0 Å². The van der Waals surface area contributed by atoms with E-state index in [-0.39, 0.29) is 0 Å². The first kappa shape index (κ1) is 12.0. The van der Waals surface area contributed by atoms with Gasteiger partial charge >= 0.3 is 0 Å². The normalized spacial score (nSPS) is 12.5. The Labute approximate surface area is 90.9 Å². The van der Waals surface area contributed by atoms with Crippen molar-refractivity contribution in [3.63, 3.8) is 0 Å². The van der Waals surface area contributed by atoms with Crippen LogP contribution < -0.4 is 10.5 Å². The van der Waals surface area contributed by atoms with Crippen LogP contribution in [0.2, 0.25) is 0 Å². The third-order valence-corrected chi connectivity index (χ3v) is 2.16. The molecule has 84 valence electrons. The second-order valence-corrected chi connectivity index (χ2v) is 3.51. The molecule has 3 nitrogen and oxygen atoms in total. The number of hydrogen-bond donors (Lipinski definition) is 2. The van der Waals surface area contributed by atoms with Crippen LogP contribution in [-0.4, -0.2) is 18.3 Å². The first-order chi connectivity index (χ1) is 7.27. The minimum absolute atomic E-state index is 0.486. The number of aliphatic hydroxyl groups is 1. The van der Waals surface area contributed by atoms with E-state index in [0.29, 0.717) is 19.6 Å². The number of rotatable bonds is 6. The molecule has 0 spiro atoms. The van der Waals surface area contributed by atoms with Gasteiger partial charge in [-0.2, -0.15) is 0 Å². The van der Waals surface area contributed by atoms with Crippen LogP contribution in [0.1, 0.15) is 31.4 Å². The molecule has 0 heterocycles. The minimum Gasteiger partial charge on any atom is -0.494 e. The van der Waals surface area contributed by atoms with Crippen molar-refractivity contribution in [3.05, 3.63) is 29.8 Å². The summed E-state index contributed by atoms with van der Waals surface area (Å²) in [6, 6.07) is 7.55. The molecule has 0 aromatic heterocycles. The van der Waals surface area contributed by atoms with Gasteiger partial charge in [-0.25, -0.2) is 0 Å². The van der Waals surface area contributed by atoms with Crippen molar-refractivity contribution in [2.75, 3.05) is 13.2 Å². The molecule has 0 fully saturated rings. The molecule has 0 saturated carbocycles. The summed E-state index contributed by atoms with van der Waals surface area (Å²) in [6.45, 7) is 3.25. The van der Waals surface area contributed by atoms with Gasteiger partial charge in [0.1, 0.15) is 5.75 Å². The van der Waals surface area contributed by atoms with Gasteiger partial charge in [0, 0.05) is 0 Å². The van der Waals surface area contributed by atoms with Gasteiger partial charge < -0.3 is 15.6 Å². The molecule has 0 aliphatic carbocycles. The Morgan fingerprint density at radius 2 is 2.27 bits per heavy atom. The molecule has 1 atom stereocenters. The third kappa shape index (κ3) is 3.90. The standard InChI is InChI=1S/C12H19NO2/c1-2-8-15-11-5-3-4-10(9-11)12(14)6-7-13/h3-5,9,12,14H,2,6-8,13H2,1H3. The van der Waals surface area contributed by atoms with Crippen LogP contribution in [0.4, 0.5) is 0 Å². The lowest BCUT2D eigenvalue weighted by Crippen LogP contribution is -2.06. The molecule has 0 saturated heterocycles. The highest BCUT2D eigenvalue weighted by Gasteiger charge is 2.06. The van der Waals surface area contributed by atoms with E-state index in [9.17, 15) is 5.11 Å². The topological polar surface area (TPSA) is 55.5 Å². The van der Waals surface area contributed by atoms with Crippen molar-refractivity contribution in [1.29, 1.82) is 0 Å². The van der Waals surface area contributed by atoms with Gasteiger partial charge in [0.15, 0.2) is 0 Å². The number of ether oxygens (including phenoxy) is 1. The maximum atomic E-state index is 9.73. The highest BCUT2D eigenvalue weighted by Crippen LogP contribution is 2.21. The summed E-state index contributed by atoms with van der Waals surface area (Å²) >= 11 is 0. The van der Waals surface area contributed by atoms with E-state index >= 15 is 0 Å². The number of hydrogen-bond acceptors (Lipinski definition) is 3. The van der Waals surface area contributed by atoms with E-state index in [4.69, 9.17) is 10.5 Å². The largest absolute Gasteiger partial charge is 0.494 e. The first-order valence-corrected chi connectivity index (χ1v) is 5.38. The quantitative estimate of drug-likeness (QED) is 0.752. The van der Waals surface area contributed by atoms with Crippen LogP contribution in [0.15, 0.2) is 24.3 Å². The second kappa shape index (κ2) is 6.43. The van der Waals surface area contributed by atoms with Crippen molar-refractivity contribution in [3.8, 4) is 5.75 Å². The molecule has 3 heteroatoms. The van der Waals surface area contributed by atoms with E-state index in [1.807, 2.05) is 24.3 Å². The lowest BCUT2D eigenvalue weighted by Gasteiger charge is -2.11. The SMILES string of the molecule is CCCOc1cccc(C(O)CCN)c1. The molecule has 1 aromatic rings. The Morgan fingerprint density at radius 3 is 2.93 bits per heavy atom. The predicted molar refractivity (Wildman–Crippen MR) is 60.9 cm³/mol. The lowest BCUT2D eigenvalue weighted by molar-refractivity contribution is 0.169. The molecule has 0 aliphatic rings. The fourth-order valence-corrected chi connectivity index (χ4v) is 1.36. The number of aliphatic hydroxyl groups excluding tert-OH is 1. The van der Waals surface area contributed by atoms with Crippen LogP contribution in [0.25, 0.3) is 0 Å². The Bertz CT molecular complexity index is 289. The Hall–Kier alpha value is -1.06. The molecule has 3 N–H and O–H groups in total. The van der Waals surface area contributed by atoms with Gasteiger partial charge in [-0.15, -0.1) is 0 Å². The summed E-state index contributed by atoms with van der Waals surface area (Å²) in [6.07, 6.45) is 1.08. The Kier molecular flexibility index (Phi) is 5.15. The fraction of sp³-hybridized carbons (Fsp3) is 0.500. The molecular weight excluding hydrogens is 190 g/mol. The summed E-state index contributed by atoms with van der Waals surface area (Å²) in [5, 5.41) is 9.73. The summed E-state index contributed by atoms with van der Waals surface area (Å²) < 4.78 is 5.48. The van der Waals surface area contributed by atoms with Crippen molar-refractivity contribution in [2.45, 2.75) is 25.9 Å². The number of nitrogens with two attached hydrogens (primary N) is 1. The fourth-order valence-electron chi connectivity index (χ4n) is 1.36. The Morgan fingerprint density at radius 1 is 1.47 bits per heavy atom. The molecule has 0 aliphatic heterocycles. The van der Waals surface area contributed by atoms with Crippen molar-refractivity contribution in [1.82, 2.24) is 0 Å². The zero-order valence-corrected chi connectivity index (χ0v) is 9.15. The van der Waals surface area contributed by atoms with Gasteiger partial charge in [0.05, 0.1) is 12.7 Å². The first-order valence-electron chi connectivity index (χ1n) is 5.38. The minimum atomic E-state index is -0.486. The van der Waals surface area contributed by atoms with Crippen LogP contribution in [0.5, 0.6) is 5.75 Å². The average Bonchev–Trinajstić information content (AvgIpc) is 2.27. The summed E-state index contributed by atoms with van der Waals surface area (Å²) in [5.41, 5.74) is 6.26. The van der Waals surface area contributed by atoms with Gasteiger partial charge in [-0.3, -0.25) is 0 Å². The molecule has 15 heavy (non-hydrogen) atoms. The maximum Gasteiger partial charge on any atom is 0.119 e. The van der Waals surface area contributed by atoms with E-state index in [2.05, 4.69) is 6.92 Å².